The zero-order chi connectivity index (χ0) is 13.3. The zero-order valence-electron chi connectivity index (χ0n) is 10.7. The van der Waals surface area contributed by atoms with Crippen LogP contribution in [0.5, 0.6) is 0 Å². The second kappa shape index (κ2) is 5.09. The van der Waals surface area contributed by atoms with Gasteiger partial charge in [-0.15, -0.1) is 0 Å². The summed E-state index contributed by atoms with van der Waals surface area (Å²) in [5.41, 5.74) is 5.59. The summed E-state index contributed by atoms with van der Waals surface area (Å²) < 4.78 is 3.58. The van der Waals surface area contributed by atoms with Gasteiger partial charge in [0.1, 0.15) is 0 Å². The molecular weight excluding hydrogens is 252 g/mol. The number of hydrogen-bond acceptors (Lipinski definition) is 4. The van der Waals surface area contributed by atoms with Crippen LogP contribution in [-0.4, -0.2) is 19.6 Å². The normalized spacial score (nSPS) is 12.9. The Morgan fingerprint density at radius 2 is 2.17 bits per heavy atom. The van der Waals surface area contributed by atoms with E-state index in [9.17, 15) is 0 Å². The number of hydrogen-bond donors (Lipinski definition) is 2. The number of nitrogens with one attached hydrogen (secondary N) is 1. The number of nitrogens with zero attached hydrogens (tertiary/aromatic N) is 4. The van der Waals surface area contributed by atoms with Crippen LogP contribution in [0.2, 0.25) is 5.02 Å². The van der Waals surface area contributed by atoms with Gasteiger partial charge in [-0.3, -0.25) is 20.6 Å². The van der Waals surface area contributed by atoms with E-state index >= 15 is 0 Å². The molecule has 6 nitrogen and oxygen atoms in total. The largest absolute Gasteiger partial charge is 0.271 e. The number of aryl methyl sites for hydroxylation is 3. The van der Waals surface area contributed by atoms with E-state index in [1.807, 2.05) is 27.1 Å². The van der Waals surface area contributed by atoms with Gasteiger partial charge in [-0.1, -0.05) is 11.6 Å². The molecule has 0 radical (unpaired) electrons. The highest BCUT2D eigenvalue weighted by Gasteiger charge is 2.19. The Morgan fingerprint density at radius 3 is 2.61 bits per heavy atom. The molecule has 7 heteroatoms. The molecule has 2 rings (SSSR count). The van der Waals surface area contributed by atoms with Crippen molar-refractivity contribution in [1.29, 1.82) is 0 Å². The van der Waals surface area contributed by atoms with Crippen molar-refractivity contribution in [3.8, 4) is 0 Å². The maximum Gasteiger partial charge on any atom is 0.0847 e. The van der Waals surface area contributed by atoms with E-state index in [4.69, 9.17) is 17.4 Å². The van der Waals surface area contributed by atoms with E-state index in [0.29, 0.717) is 11.4 Å². The molecule has 0 aliphatic carbocycles. The van der Waals surface area contributed by atoms with Gasteiger partial charge in [-0.05, 0) is 13.0 Å². The molecule has 3 N–H and O–H groups in total. The number of hydrazine groups is 1. The van der Waals surface area contributed by atoms with Crippen molar-refractivity contribution >= 4 is 11.6 Å². The second-order valence-electron chi connectivity index (χ2n) is 4.27. The molecule has 98 valence electrons. The van der Waals surface area contributed by atoms with Gasteiger partial charge in [0.2, 0.25) is 0 Å². The smallest absolute Gasteiger partial charge is 0.0847 e. The molecule has 2 heterocycles. The molecule has 0 fully saturated rings. The Bertz CT molecular complexity index is 544. The molecule has 2 aromatic rings. The maximum atomic E-state index is 6.24. The fourth-order valence-corrected chi connectivity index (χ4v) is 2.31. The average molecular weight is 269 g/mol. The first kappa shape index (κ1) is 13.1. The zero-order valence-corrected chi connectivity index (χ0v) is 11.4. The van der Waals surface area contributed by atoms with Gasteiger partial charge in [0, 0.05) is 26.7 Å². The van der Waals surface area contributed by atoms with Gasteiger partial charge in [0.25, 0.3) is 0 Å². The minimum atomic E-state index is -0.0511. The van der Waals surface area contributed by atoms with Gasteiger partial charge in [-0.25, -0.2) is 0 Å². The number of nitrogens with two attached hydrogens (primary N) is 1. The third-order valence-corrected chi connectivity index (χ3v) is 3.57. The number of rotatable bonds is 4. The van der Waals surface area contributed by atoms with Crippen LogP contribution in [0.4, 0.5) is 0 Å². The summed E-state index contributed by atoms with van der Waals surface area (Å²) in [5, 5.41) is 9.13. The van der Waals surface area contributed by atoms with Crippen molar-refractivity contribution in [2.45, 2.75) is 19.4 Å². The van der Waals surface area contributed by atoms with Gasteiger partial charge in [-0.2, -0.15) is 10.2 Å². The predicted molar refractivity (Wildman–Crippen MR) is 69.9 cm³/mol. The summed E-state index contributed by atoms with van der Waals surface area (Å²) >= 11 is 6.24. The Labute approximate surface area is 111 Å². The van der Waals surface area contributed by atoms with Crippen LogP contribution in [0.3, 0.4) is 0 Å². The van der Waals surface area contributed by atoms with Crippen LogP contribution in [0.15, 0.2) is 12.3 Å². The van der Waals surface area contributed by atoms with Crippen molar-refractivity contribution in [2.75, 3.05) is 0 Å². The monoisotopic (exact) mass is 268 g/mol. The third kappa shape index (κ3) is 2.27. The quantitative estimate of drug-likeness (QED) is 0.637. The summed E-state index contributed by atoms with van der Waals surface area (Å²) in [6.07, 6.45) is 2.40. The molecule has 18 heavy (non-hydrogen) atoms. The van der Waals surface area contributed by atoms with Crippen molar-refractivity contribution in [2.24, 2.45) is 19.9 Å². The average Bonchev–Trinajstić information content (AvgIpc) is 2.84. The number of aromatic nitrogens is 4. The lowest BCUT2D eigenvalue weighted by molar-refractivity contribution is 0.494. The van der Waals surface area contributed by atoms with Crippen LogP contribution < -0.4 is 11.3 Å². The van der Waals surface area contributed by atoms with Gasteiger partial charge >= 0.3 is 0 Å². The first-order valence-corrected chi connectivity index (χ1v) is 6.04. The van der Waals surface area contributed by atoms with E-state index < -0.39 is 0 Å². The highest BCUT2D eigenvalue weighted by atomic mass is 35.5. The summed E-state index contributed by atoms with van der Waals surface area (Å²) in [6.45, 7) is 1.89. The molecule has 0 aliphatic heterocycles. The Balaban J connectivity index is 2.29. The SMILES string of the molecule is Cc1nn(C)c(CC(NN)c2ccnn2C)c1Cl. The highest BCUT2D eigenvalue weighted by Crippen LogP contribution is 2.24. The molecule has 1 unspecified atom stereocenters. The molecular formula is C11H17ClN6. The molecule has 0 bridgehead atoms. The van der Waals surface area contributed by atoms with Gasteiger partial charge in [0.05, 0.1) is 28.1 Å². The summed E-state index contributed by atoms with van der Waals surface area (Å²) in [7, 11) is 3.76. The first-order valence-electron chi connectivity index (χ1n) is 5.66. The number of halogens is 1. The van der Waals surface area contributed by atoms with Crippen molar-refractivity contribution in [3.05, 3.63) is 34.4 Å². The van der Waals surface area contributed by atoms with E-state index in [1.54, 1.807) is 15.6 Å². The van der Waals surface area contributed by atoms with Crippen LogP contribution in [0, 0.1) is 6.92 Å². The lowest BCUT2D eigenvalue weighted by Gasteiger charge is -2.16. The molecule has 0 aliphatic rings. The molecule has 0 aromatic carbocycles. The summed E-state index contributed by atoms with van der Waals surface area (Å²) in [4.78, 5) is 0. The minimum absolute atomic E-state index is 0.0511. The van der Waals surface area contributed by atoms with Crippen molar-refractivity contribution < 1.29 is 0 Å². The topological polar surface area (TPSA) is 73.7 Å². The summed E-state index contributed by atoms with van der Waals surface area (Å²) in [5.74, 6) is 5.62. The van der Waals surface area contributed by atoms with Crippen LogP contribution in [0.1, 0.15) is 23.1 Å². The fourth-order valence-electron chi connectivity index (χ4n) is 2.07. The molecule has 0 saturated heterocycles. The Kier molecular flexibility index (Phi) is 3.70. The molecule has 0 amide bonds. The van der Waals surface area contributed by atoms with E-state index in [0.717, 1.165) is 17.1 Å². The standard InChI is InChI=1S/C11H17ClN6/c1-7-11(12)10(18(3)16-7)6-8(15-13)9-4-5-14-17(9)2/h4-5,8,15H,6,13H2,1-3H3. The molecule has 1 atom stereocenters. The van der Waals surface area contributed by atoms with E-state index in [-0.39, 0.29) is 6.04 Å². The minimum Gasteiger partial charge on any atom is -0.271 e. The first-order chi connectivity index (χ1) is 8.54. The van der Waals surface area contributed by atoms with E-state index in [2.05, 4.69) is 15.6 Å². The van der Waals surface area contributed by atoms with Gasteiger partial charge in [0.15, 0.2) is 0 Å². The Hall–Kier alpha value is -1.37. The predicted octanol–water partition coefficient (Wildman–Crippen LogP) is 0.863. The van der Waals surface area contributed by atoms with Crippen molar-refractivity contribution in [3.63, 3.8) is 0 Å². The molecule has 2 aromatic heterocycles. The van der Waals surface area contributed by atoms with Crippen molar-refractivity contribution in [1.82, 2.24) is 25.0 Å². The Morgan fingerprint density at radius 1 is 1.44 bits per heavy atom. The second-order valence-corrected chi connectivity index (χ2v) is 4.65. The third-order valence-electron chi connectivity index (χ3n) is 3.08. The lowest BCUT2D eigenvalue weighted by Crippen LogP contribution is -2.31. The van der Waals surface area contributed by atoms with Gasteiger partial charge < -0.3 is 0 Å². The molecule has 0 spiro atoms. The maximum absolute atomic E-state index is 6.24. The summed E-state index contributed by atoms with van der Waals surface area (Å²) in [6, 6.07) is 1.88. The van der Waals surface area contributed by atoms with Crippen LogP contribution >= 0.6 is 11.6 Å². The molecule has 0 saturated carbocycles. The van der Waals surface area contributed by atoms with E-state index in [1.165, 1.54) is 0 Å². The van der Waals surface area contributed by atoms with Crippen LogP contribution in [0.25, 0.3) is 0 Å². The lowest BCUT2D eigenvalue weighted by atomic mass is 10.1. The fraction of sp³-hybridized carbons (Fsp3) is 0.455. The van der Waals surface area contributed by atoms with Crippen LogP contribution in [-0.2, 0) is 20.5 Å². The highest BCUT2D eigenvalue weighted by molar-refractivity contribution is 6.31.